The van der Waals surface area contributed by atoms with Crippen LogP contribution in [0.2, 0.25) is 5.02 Å². The summed E-state index contributed by atoms with van der Waals surface area (Å²) in [6.07, 6.45) is 7.09. The van der Waals surface area contributed by atoms with Crippen molar-refractivity contribution in [1.82, 2.24) is 10.3 Å². The summed E-state index contributed by atoms with van der Waals surface area (Å²) >= 11 is 6.18. The number of hydrogen-bond acceptors (Lipinski definition) is 2. The molecule has 1 saturated carbocycles. The summed E-state index contributed by atoms with van der Waals surface area (Å²) in [6, 6.07) is 4.13. The minimum atomic E-state index is 0.319. The molecule has 1 N–H and O–H groups in total. The molecule has 1 aromatic rings. The van der Waals surface area contributed by atoms with Crippen molar-refractivity contribution in [2.75, 3.05) is 6.54 Å². The third-order valence-electron chi connectivity index (χ3n) is 3.13. The van der Waals surface area contributed by atoms with E-state index in [-0.39, 0.29) is 0 Å². The smallest absolute Gasteiger partial charge is 0.0758 e. The third-order valence-corrected chi connectivity index (χ3v) is 3.45. The molecule has 1 atom stereocenters. The van der Waals surface area contributed by atoms with Gasteiger partial charge in [0.25, 0.3) is 0 Å². The third kappa shape index (κ3) is 3.19. The van der Waals surface area contributed by atoms with Crippen molar-refractivity contribution in [3.05, 3.63) is 29.0 Å². The number of rotatable bonds is 6. The Morgan fingerprint density at radius 1 is 1.56 bits per heavy atom. The first-order valence-electron chi connectivity index (χ1n) is 6.15. The summed E-state index contributed by atoms with van der Waals surface area (Å²) in [5, 5.41) is 4.26. The normalized spacial score (nSPS) is 17.4. The van der Waals surface area contributed by atoms with Crippen molar-refractivity contribution in [1.29, 1.82) is 0 Å². The summed E-state index contributed by atoms with van der Waals surface area (Å²) in [5.74, 6) is 0.962. The fraction of sp³-hybridized carbons (Fsp3) is 0.615. The van der Waals surface area contributed by atoms with Gasteiger partial charge < -0.3 is 5.32 Å². The van der Waals surface area contributed by atoms with Crippen molar-refractivity contribution in [2.45, 2.75) is 38.6 Å². The van der Waals surface area contributed by atoms with E-state index in [0.29, 0.717) is 6.04 Å². The van der Waals surface area contributed by atoms with Gasteiger partial charge in [0, 0.05) is 6.20 Å². The molecule has 0 spiro atoms. The molecule has 1 heterocycles. The molecule has 0 radical (unpaired) electrons. The van der Waals surface area contributed by atoms with Crippen LogP contribution in [0, 0.1) is 5.92 Å². The van der Waals surface area contributed by atoms with E-state index in [9.17, 15) is 0 Å². The van der Waals surface area contributed by atoms with Gasteiger partial charge in [0.05, 0.1) is 16.8 Å². The average Bonchev–Trinajstić information content (AvgIpc) is 3.09. The van der Waals surface area contributed by atoms with Gasteiger partial charge in [0.2, 0.25) is 0 Å². The summed E-state index contributed by atoms with van der Waals surface area (Å²) < 4.78 is 0. The highest BCUT2D eigenvalue weighted by Crippen LogP contribution is 2.36. The Balaban J connectivity index is 2.01. The number of nitrogens with one attached hydrogen (secondary N) is 1. The molecule has 0 saturated heterocycles. The van der Waals surface area contributed by atoms with Gasteiger partial charge in [-0.2, -0.15) is 0 Å². The molecule has 88 valence electrons. The molecule has 0 bridgehead atoms. The second-order valence-corrected chi connectivity index (χ2v) is 4.91. The Morgan fingerprint density at radius 2 is 2.38 bits per heavy atom. The topological polar surface area (TPSA) is 24.9 Å². The van der Waals surface area contributed by atoms with Crippen molar-refractivity contribution in [3.8, 4) is 0 Å². The lowest BCUT2D eigenvalue weighted by atomic mass is 10.0. The maximum Gasteiger partial charge on any atom is 0.0758 e. The van der Waals surface area contributed by atoms with E-state index in [1.54, 1.807) is 0 Å². The fourth-order valence-electron chi connectivity index (χ4n) is 2.05. The highest BCUT2D eigenvalue weighted by Gasteiger charge is 2.23. The molecule has 1 aliphatic rings. The van der Waals surface area contributed by atoms with Crippen LogP contribution < -0.4 is 5.32 Å². The number of nitrogens with zero attached hydrogens (tertiary/aromatic N) is 1. The monoisotopic (exact) mass is 238 g/mol. The van der Waals surface area contributed by atoms with Crippen LogP contribution in [0.3, 0.4) is 0 Å². The highest BCUT2D eigenvalue weighted by molar-refractivity contribution is 6.31. The Hall–Kier alpha value is -0.600. The Labute approximate surface area is 102 Å². The van der Waals surface area contributed by atoms with E-state index in [2.05, 4.69) is 17.2 Å². The summed E-state index contributed by atoms with van der Waals surface area (Å²) in [7, 11) is 0. The van der Waals surface area contributed by atoms with Crippen LogP contribution in [0.25, 0.3) is 0 Å². The maximum atomic E-state index is 6.18. The zero-order valence-electron chi connectivity index (χ0n) is 9.75. The molecule has 2 nitrogen and oxygen atoms in total. The Morgan fingerprint density at radius 3 is 3.00 bits per heavy atom. The minimum Gasteiger partial charge on any atom is -0.309 e. The van der Waals surface area contributed by atoms with Crippen LogP contribution in [0.5, 0.6) is 0 Å². The van der Waals surface area contributed by atoms with Crippen molar-refractivity contribution in [2.24, 2.45) is 5.92 Å². The first-order chi connectivity index (χ1) is 7.81. The van der Waals surface area contributed by atoms with Crippen LogP contribution in [0.15, 0.2) is 18.3 Å². The molecule has 2 rings (SSSR count). The minimum absolute atomic E-state index is 0.319. The molecular weight excluding hydrogens is 220 g/mol. The lowest BCUT2D eigenvalue weighted by molar-refractivity contribution is 0.472. The number of hydrogen-bond donors (Lipinski definition) is 1. The van der Waals surface area contributed by atoms with Gasteiger partial charge in [-0.25, -0.2) is 0 Å². The van der Waals surface area contributed by atoms with E-state index in [1.165, 1.54) is 19.3 Å². The lowest BCUT2D eigenvalue weighted by Crippen LogP contribution is -2.22. The summed E-state index contributed by atoms with van der Waals surface area (Å²) in [5.41, 5.74) is 1.01. The van der Waals surface area contributed by atoms with Crippen LogP contribution >= 0.6 is 11.6 Å². The van der Waals surface area contributed by atoms with Gasteiger partial charge in [0.15, 0.2) is 0 Å². The predicted octanol–water partition coefficient (Wildman–Crippen LogP) is 3.58. The second-order valence-electron chi connectivity index (χ2n) is 4.50. The zero-order valence-corrected chi connectivity index (χ0v) is 10.5. The van der Waals surface area contributed by atoms with Crippen molar-refractivity contribution < 1.29 is 0 Å². The van der Waals surface area contributed by atoms with E-state index in [0.717, 1.165) is 29.6 Å². The standard InChI is InChI=1S/C13H19ClN2/c1-2-15-12(8-7-10-5-6-10)13-11(14)4-3-9-16-13/h3-4,9-10,12,15H,2,5-8H2,1H3. The van der Waals surface area contributed by atoms with E-state index >= 15 is 0 Å². The van der Waals surface area contributed by atoms with Crippen molar-refractivity contribution >= 4 is 11.6 Å². The maximum absolute atomic E-state index is 6.18. The molecule has 16 heavy (non-hydrogen) atoms. The molecule has 1 aliphatic carbocycles. The second kappa shape index (κ2) is 5.65. The fourth-order valence-corrected chi connectivity index (χ4v) is 2.30. The Bertz CT molecular complexity index is 336. The van der Waals surface area contributed by atoms with Crippen LogP contribution in [-0.4, -0.2) is 11.5 Å². The van der Waals surface area contributed by atoms with Crippen LogP contribution in [0.4, 0.5) is 0 Å². The van der Waals surface area contributed by atoms with Gasteiger partial charge in [0.1, 0.15) is 0 Å². The molecular formula is C13H19ClN2. The Kier molecular flexibility index (Phi) is 4.19. The molecule has 1 unspecified atom stereocenters. The highest BCUT2D eigenvalue weighted by atomic mass is 35.5. The van der Waals surface area contributed by atoms with Gasteiger partial charge in [-0.15, -0.1) is 0 Å². The molecule has 3 heteroatoms. The van der Waals surface area contributed by atoms with Gasteiger partial charge in [-0.05, 0) is 37.4 Å². The molecule has 1 fully saturated rings. The average molecular weight is 239 g/mol. The SMILES string of the molecule is CCNC(CCC1CC1)c1ncccc1Cl. The van der Waals surface area contributed by atoms with Crippen molar-refractivity contribution in [3.63, 3.8) is 0 Å². The summed E-state index contributed by atoms with van der Waals surface area (Å²) in [6.45, 7) is 3.09. The number of pyridine rings is 1. The molecule has 0 amide bonds. The van der Waals surface area contributed by atoms with E-state index < -0.39 is 0 Å². The largest absolute Gasteiger partial charge is 0.309 e. The molecule has 0 aromatic carbocycles. The van der Waals surface area contributed by atoms with Gasteiger partial charge in [-0.3, -0.25) is 4.98 Å². The number of aromatic nitrogens is 1. The molecule has 1 aromatic heterocycles. The van der Waals surface area contributed by atoms with Gasteiger partial charge in [-0.1, -0.05) is 31.4 Å². The first-order valence-corrected chi connectivity index (χ1v) is 6.53. The van der Waals surface area contributed by atoms with E-state index in [1.807, 2.05) is 18.3 Å². The number of halogens is 1. The predicted molar refractivity (Wildman–Crippen MR) is 67.6 cm³/mol. The van der Waals surface area contributed by atoms with E-state index in [4.69, 9.17) is 11.6 Å². The first kappa shape index (κ1) is 11.9. The lowest BCUT2D eigenvalue weighted by Gasteiger charge is -2.18. The zero-order chi connectivity index (χ0) is 11.4. The van der Waals surface area contributed by atoms with Crippen LogP contribution in [-0.2, 0) is 0 Å². The quantitative estimate of drug-likeness (QED) is 0.820. The van der Waals surface area contributed by atoms with Crippen LogP contribution in [0.1, 0.15) is 44.3 Å². The summed E-state index contributed by atoms with van der Waals surface area (Å²) in [4.78, 5) is 4.40. The molecule has 0 aliphatic heterocycles. The van der Waals surface area contributed by atoms with Gasteiger partial charge >= 0.3 is 0 Å².